The second-order valence-corrected chi connectivity index (χ2v) is 5.96. The molecule has 0 aliphatic heterocycles. The molecule has 8 nitrogen and oxygen atoms in total. The number of aryl methyl sites for hydroxylation is 2. The first-order valence-corrected chi connectivity index (χ1v) is 8.22. The van der Waals surface area contributed by atoms with E-state index < -0.39 is 4.92 Å². The van der Waals surface area contributed by atoms with Gasteiger partial charge in [-0.15, -0.1) is 0 Å². The zero-order valence-corrected chi connectivity index (χ0v) is 15.2. The van der Waals surface area contributed by atoms with Crippen LogP contribution in [0.4, 0.5) is 28.7 Å². The van der Waals surface area contributed by atoms with Crippen LogP contribution in [0, 0.1) is 24.0 Å². The minimum Gasteiger partial charge on any atom is -0.497 e. The van der Waals surface area contributed by atoms with E-state index in [1.165, 1.54) is 6.33 Å². The van der Waals surface area contributed by atoms with E-state index in [0.717, 1.165) is 11.1 Å². The second-order valence-electron chi connectivity index (χ2n) is 5.96. The molecule has 0 fully saturated rings. The van der Waals surface area contributed by atoms with E-state index in [1.807, 2.05) is 32.0 Å². The lowest BCUT2D eigenvalue weighted by Crippen LogP contribution is -2.05. The van der Waals surface area contributed by atoms with E-state index in [0.29, 0.717) is 17.1 Å². The molecule has 2 N–H and O–H groups in total. The normalized spacial score (nSPS) is 10.3. The number of anilines is 4. The summed E-state index contributed by atoms with van der Waals surface area (Å²) in [5.74, 6) is 0.837. The van der Waals surface area contributed by atoms with Crippen molar-refractivity contribution >= 4 is 28.7 Å². The summed E-state index contributed by atoms with van der Waals surface area (Å²) in [5, 5.41) is 17.7. The lowest BCUT2D eigenvalue weighted by Gasteiger charge is -2.11. The number of benzene rings is 2. The smallest absolute Gasteiger partial charge is 0.353 e. The Morgan fingerprint density at radius 2 is 1.63 bits per heavy atom. The van der Waals surface area contributed by atoms with Crippen molar-refractivity contribution in [1.82, 2.24) is 9.97 Å². The standard InChI is InChI=1S/C19H19N5O3/c1-12-7-8-15(9-13(12)2)23-19-17(24(25)26)18(20-11-21-19)22-14-5-4-6-16(10-14)27-3/h4-11H,1-3H3,(H2,20,21,22,23). The SMILES string of the molecule is COc1cccc(Nc2ncnc(Nc3ccc(C)c(C)c3)c2[N+](=O)[O-])c1. The molecule has 0 aliphatic rings. The highest BCUT2D eigenvalue weighted by molar-refractivity contribution is 5.77. The number of nitrogens with zero attached hydrogens (tertiary/aromatic N) is 3. The molecule has 3 aromatic rings. The lowest BCUT2D eigenvalue weighted by molar-refractivity contribution is -0.383. The van der Waals surface area contributed by atoms with Crippen LogP contribution in [-0.2, 0) is 0 Å². The summed E-state index contributed by atoms with van der Waals surface area (Å²) in [6, 6.07) is 12.8. The summed E-state index contributed by atoms with van der Waals surface area (Å²) in [5.41, 5.74) is 3.31. The molecule has 0 bridgehead atoms. The molecule has 138 valence electrons. The monoisotopic (exact) mass is 365 g/mol. The molecule has 1 heterocycles. The molecule has 0 spiro atoms. The van der Waals surface area contributed by atoms with Gasteiger partial charge in [0.25, 0.3) is 0 Å². The molecule has 0 radical (unpaired) electrons. The molecule has 1 aromatic heterocycles. The minimum atomic E-state index is -0.508. The van der Waals surface area contributed by atoms with Crippen LogP contribution in [0.1, 0.15) is 11.1 Å². The highest BCUT2D eigenvalue weighted by atomic mass is 16.6. The van der Waals surface area contributed by atoms with Crippen molar-refractivity contribution in [3.8, 4) is 5.75 Å². The Labute approximate surface area is 156 Å². The Morgan fingerprint density at radius 1 is 0.963 bits per heavy atom. The summed E-state index contributed by atoms with van der Waals surface area (Å²) in [6.45, 7) is 3.98. The fourth-order valence-corrected chi connectivity index (χ4v) is 2.53. The fraction of sp³-hybridized carbons (Fsp3) is 0.158. The molecule has 2 aromatic carbocycles. The van der Waals surface area contributed by atoms with Gasteiger partial charge < -0.3 is 15.4 Å². The summed E-state index contributed by atoms with van der Waals surface area (Å²) < 4.78 is 5.17. The molecule has 27 heavy (non-hydrogen) atoms. The summed E-state index contributed by atoms with van der Waals surface area (Å²) in [7, 11) is 1.55. The number of nitro groups is 1. The maximum absolute atomic E-state index is 11.7. The van der Waals surface area contributed by atoms with Gasteiger partial charge >= 0.3 is 5.69 Å². The molecule has 0 atom stereocenters. The van der Waals surface area contributed by atoms with Crippen LogP contribution < -0.4 is 15.4 Å². The van der Waals surface area contributed by atoms with E-state index in [2.05, 4.69) is 20.6 Å². The van der Waals surface area contributed by atoms with Crippen LogP contribution >= 0.6 is 0 Å². The maximum atomic E-state index is 11.7. The van der Waals surface area contributed by atoms with E-state index >= 15 is 0 Å². The third-order valence-electron chi connectivity index (χ3n) is 4.11. The minimum absolute atomic E-state index is 0.0922. The van der Waals surface area contributed by atoms with Crippen LogP contribution in [0.25, 0.3) is 0 Å². The van der Waals surface area contributed by atoms with E-state index in [9.17, 15) is 10.1 Å². The van der Waals surface area contributed by atoms with E-state index in [-0.39, 0.29) is 17.3 Å². The van der Waals surface area contributed by atoms with Gasteiger partial charge in [-0.2, -0.15) is 0 Å². The Morgan fingerprint density at radius 3 is 2.22 bits per heavy atom. The van der Waals surface area contributed by atoms with Crippen molar-refractivity contribution < 1.29 is 9.66 Å². The molecule has 8 heteroatoms. The van der Waals surface area contributed by atoms with Crippen LogP contribution in [0.3, 0.4) is 0 Å². The third-order valence-corrected chi connectivity index (χ3v) is 4.11. The van der Waals surface area contributed by atoms with Gasteiger partial charge in [0, 0.05) is 17.4 Å². The average Bonchev–Trinajstić information content (AvgIpc) is 2.65. The molecule has 0 unspecified atom stereocenters. The van der Waals surface area contributed by atoms with Gasteiger partial charge in [0.2, 0.25) is 11.6 Å². The van der Waals surface area contributed by atoms with Crippen molar-refractivity contribution in [2.45, 2.75) is 13.8 Å². The number of hydrogen-bond donors (Lipinski definition) is 2. The Kier molecular flexibility index (Phi) is 5.16. The Balaban J connectivity index is 1.96. The van der Waals surface area contributed by atoms with Crippen molar-refractivity contribution in [3.63, 3.8) is 0 Å². The molecule has 3 rings (SSSR count). The predicted molar refractivity (Wildman–Crippen MR) is 104 cm³/mol. The van der Waals surface area contributed by atoms with Gasteiger partial charge in [-0.1, -0.05) is 12.1 Å². The van der Waals surface area contributed by atoms with Crippen LogP contribution in [0.2, 0.25) is 0 Å². The Hall–Kier alpha value is -3.68. The van der Waals surface area contributed by atoms with Crippen molar-refractivity contribution in [2.75, 3.05) is 17.7 Å². The molecular weight excluding hydrogens is 346 g/mol. The first kappa shape index (κ1) is 18.1. The van der Waals surface area contributed by atoms with Gasteiger partial charge in [0.05, 0.1) is 12.0 Å². The first-order valence-electron chi connectivity index (χ1n) is 8.22. The van der Waals surface area contributed by atoms with Gasteiger partial charge in [-0.05, 0) is 49.2 Å². The highest BCUT2D eigenvalue weighted by Gasteiger charge is 2.23. The number of rotatable bonds is 6. The maximum Gasteiger partial charge on any atom is 0.353 e. The van der Waals surface area contributed by atoms with Crippen LogP contribution in [-0.4, -0.2) is 22.0 Å². The van der Waals surface area contributed by atoms with E-state index in [1.54, 1.807) is 31.4 Å². The van der Waals surface area contributed by atoms with E-state index in [4.69, 9.17) is 4.74 Å². The van der Waals surface area contributed by atoms with Gasteiger partial charge in [0.15, 0.2) is 0 Å². The van der Waals surface area contributed by atoms with Crippen molar-refractivity contribution in [3.05, 3.63) is 70.0 Å². The molecule has 0 aliphatic carbocycles. The zero-order chi connectivity index (χ0) is 19.4. The van der Waals surface area contributed by atoms with Crippen LogP contribution in [0.5, 0.6) is 5.75 Å². The predicted octanol–water partition coefficient (Wildman–Crippen LogP) is 4.50. The van der Waals surface area contributed by atoms with Crippen molar-refractivity contribution in [2.24, 2.45) is 0 Å². The first-order chi connectivity index (χ1) is 13.0. The topological polar surface area (TPSA) is 102 Å². The second kappa shape index (κ2) is 7.69. The summed E-state index contributed by atoms with van der Waals surface area (Å²) >= 11 is 0. The van der Waals surface area contributed by atoms with Gasteiger partial charge in [-0.25, -0.2) is 9.97 Å². The van der Waals surface area contributed by atoms with Gasteiger partial charge in [0.1, 0.15) is 12.1 Å². The number of nitrogens with one attached hydrogen (secondary N) is 2. The highest BCUT2D eigenvalue weighted by Crippen LogP contribution is 2.33. The number of methoxy groups -OCH3 is 1. The molecule has 0 amide bonds. The molecule has 0 saturated carbocycles. The van der Waals surface area contributed by atoms with Gasteiger partial charge in [-0.3, -0.25) is 10.1 Å². The molecular formula is C19H19N5O3. The summed E-state index contributed by atoms with van der Waals surface area (Å²) in [4.78, 5) is 19.3. The number of ether oxygens (including phenoxy) is 1. The average molecular weight is 365 g/mol. The zero-order valence-electron chi connectivity index (χ0n) is 15.2. The lowest BCUT2D eigenvalue weighted by atomic mass is 10.1. The number of hydrogen-bond acceptors (Lipinski definition) is 7. The number of aromatic nitrogens is 2. The molecule has 0 saturated heterocycles. The largest absolute Gasteiger partial charge is 0.497 e. The fourth-order valence-electron chi connectivity index (χ4n) is 2.53. The quantitative estimate of drug-likeness (QED) is 0.490. The Bertz CT molecular complexity index is 991. The summed E-state index contributed by atoms with van der Waals surface area (Å²) in [6.07, 6.45) is 1.28. The third kappa shape index (κ3) is 4.12. The van der Waals surface area contributed by atoms with Crippen molar-refractivity contribution in [1.29, 1.82) is 0 Å². The van der Waals surface area contributed by atoms with Crippen LogP contribution in [0.15, 0.2) is 48.8 Å².